The molecule has 0 unspecified atom stereocenters. The highest BCUT2D eigenvalue weighted by Gasteiger charge is 2.10. The fourth-order valence-corrected chi connectivity index (χ4v) is 4.98. The lowest BCUT2D eigenvalue weighted by atomic mass is 9.92. The minimum absolute atomic E-state index is 0.948. The van der Waals surface area contributed by atoms with Gasteiger partial charge in [-0.1, -0.05) is 78.9 Å². The van der Waals surface area contributed by atoms with Crippen LogP contribution in [0.5, 0.6) is 0 Å². The summed E-state index contributed by atoms with van der Waals surface area (Å²) in [6, 6.07) is 34.7. The predicted molar refractivity (Wildman–Crippen MR) is 135 cm³/mol. The molecule has 7 aromatic rings. The summed E-state index contributed by atoms with van der Waals surface area (Å²) in [5.74, 6) is 0. The standard InChI is InChI=1S/C30H18N2/c1-2-9-25-23(7-1)24-8-3-4-10-26(24)28-17-20(13-14-27(25)28)22-16-21-12-11-19-6-5-15-31-29(19)30(21)32-18-22/h1-18H. The van der Waals surface area contributed by atoms with E-state index in [0.29, 0.717) is 0 Å². The molecule has 5 aromatic carbocycles. The van der Waals surface area contributed by atoms with Crippen molar-refractivity contribution >= 4 is 54.1 Å². The fourth-order valence-electron chi connectivity index (χ4n) is 4.98. The maximum atomic E-state index is 4.82. The van der Waals surface area contributed by atoms with E-state index < -0.39 is 0 Å². The van der Waals surface area contributed by atoms with Gasteiger partial charge in [0.15, 0.2) is 0 Å². The second-order valence-corrected chi connectivity index (χ2v) is 8.29. The third-order valence-electron chi connectivity index (χ3n) is 6.50. The molecule has 7 rings (SSSR count). The van der Waals surface area contributed by atoms with E-state index in [2.05, 4.69) is 96.0 Å². The SMILES string of the molecule is c1cnc2c(c1)ccc1cc(-c3ccc4c5ccccc5c5ccccc5c4c3)cnc12. The zero-order chi connectivity index (χ0) is 21.1. The lowest BCUT2D eigenvalue weighted by molar-refractivity contribution is 1.37. The summed E-state index contributed by atoms with van der Waals surface area (Å²) >= 11 is 0. The number of hydrogen-bond acceptors (Lipinski definition) is 2. The molecular formula is C30H18N2. The van der Waals surface area contributed by atoms with Crippen LogP contribution in [0.3, 0.4) is 0 Å². The zero-order valence-electron chi connectivity index (χ0n) is 17.3. The van der Waals surface area contributed by atoms with E-state index in [1.165, 1.54) is 37.9 Å². The quantitative estimate of drug-likeness (QED) is 0.259. The molecule has 0 radical (unpaired) electrons. The van der Waals surface area contributed by atoms with Crippen molar-refractivity contribution in [2.45, 2.75) is 0 Å². The first-order valence-electron chi connectivity index (χ1n) is 10.8. The molecule has 0 aliphatic heterocycles. The van der Waals surface area contributed by atoms with Crippen molar-refractivity contribution in [2.24, 2.45) is 0 Å². The van der Waals surface area contributed by atoms with E-state index in [1.807, 2.05) is 18.5 Å². The summed E-state index contributed by atoms with van der Waals surface area (Å²) in [5, 5.41) is 9.96. The molecule has 0 aliphatic carbocycles. The smallest absolute Gasteiger partial charge is 0.0964 e. The fraction of sp³-hybridized carbons (Fsp3) is 0. The predicted octanol–water partition coefficient (Wildman–Crippen LogP) is 7.91. The van der Waals surface area contributed by atoms with Crippen LogP contribution in [0.2, 0.25) is 0 Å². The molecule has 0 saturated carbocycles. The Labute approximate surface area is 184 Å². The van der Waals surface area contributed by atoms with Crippen molar-refractivity contribution in [1.82, 2.24) is 9.97 Å². The Morgan fingerprint density at radius 1 is 0.406 bits per heavy atom. The highest BCUT2D eigenvalue weighted by Crippen LogP contribution is 2.37. The molecule has 2 heterocycles. The monoisotopic (exact) mass is 406 g/mol. The first-order chi connectivity index (χ1) is 15.9. The van der Waals surface area contributed by atoms with Gasteiger partial charge in [-0.25, -0.2) is 0 Å². The Kier molecular flexibility index (Phi) is 3.58. The van der Waals surface area contributed by atoms with Gasteiger partial charge in [0.2, 0.25) is 0 Å². The Balaban J connectivity index is 1.51. The summed E-state index contributed by atoms with van der Waals surface area (Å²) in [4.78, 5) is 9.37. The van der Waals surface area contributed by atoms with Crippen molar-refractivity contribution in [3.63, 3.8) is 0 Å². The second-order valence-electron chi connectivity index (χ2n) is 8.29. The zero-order valence-corrected chi connectivity index (χ0v) is 17.3. The number of hydrogen-bond donors (Lipinski definition) is 0. The van der Waals surface area contributed by atoms with Crippen molar-refractivity contribution in [1.29, 1.82) is 0 Å². The maximum Gasteiger partial charge on any atom is 0.0964 e. The Morgan fingerprint density at radius 3 is 1.78 bits per heavy atom. The van der Waals surface area contributed by atoms with Crippen molar-refractivity contribution in [3.05, 3.63) is 109 Å². The first-order valence-corrected chi connectivity index (χ1v) is 10.8. The van der Waals surface area contributed by atoms with Gasteiger partial charge in [0.25, 0.3) is 0 Å². The van der Waals surface area contributed by atoms with Crippen LogP contribution in [0, 0.1) is 0 Å². The third-order valence-corrected chi connectivity index (χ3v) is 6.50. The highest BCUT2D eigenvalue weighted by atomic mass is 14.7. The van der Waals surface area contributed by atoms with Crippen molar-refractivity contribution < 1.29 is 0 Å². The number of benzene rings is 5. The summed E-state index contributed by atoms with van der Waals surface area (Å²) < 4.78 is 0. The van der Waals surface area contributed by atoms with Gasteiger partial charge >= 0.3 is 0 Å². The molecule has 2 heteroatoms. The summed E-state index contributed by atoms with van der Waals surface area (Å²) in [6.45, 7) is 0. The van der Waals surface area contributed by atoms with Crippen LogP contribution in [0.1, 0.15) is 0 Å². The largest absolute Gasteiger partial charge is 0.254 e. The Bertz CT molecular complexity index is 1800. The van der Waals surface area contributed by atoms with E-state index in [0.717, 1.165) is 27.4 Å². The number of nitrogens with zero attached hydrogens (tertiary/aromatic N) is 2. The number of pyridine rings is 2. The highest BCUT2D eigenvalue weighted by molar-refractivity contribution is 6.25. The average Bonchev–Trinajstić information content (AvgIpc) is 2.88. The Morgan fingerprint density at radius 2 is 1.03 bits per heavy atom. The van der Waals surface area contributed by atoms with E-state index in [-0.39, 0.29) is 0 Å². The van der Waals surface area contributed by atoms with Crippen LogP contribution >= 0.6 is 0 Å². The first kappa shape index (κ1) is 17.4. The third kappa shape index (κ3) is 2.47. The van der Waals surface area contributed by atoms with Crippen LogP contribution in [0.4, 0.5) is 0 Å². The number of fused-ring (bicyclic) bond motifs is 9. The van der Waals surface area contributed by atoms with Gasteiger partial charge in [0.05, 0.1) is 11.0 Å². The molecule has 2 aromatic heterocycles. The van der Waals surface area contributed by atoms with Gasteiger partial charge in [-0.2, -0.15) is 0 Å². The molecule has 0 amide bonds. The lowest BCUT2D eigenvalue weighted by Gasteiger charge is -2.12. The average molecular weight is 406 g/mol. The van der Waals surface area contributed by atoms with Crippen LogP contribution in [-0.2, 0) is 0 Å². The Hall–Kier alpha value is -4.30. The van der Waals surface area contributed by atoms with E-state index in [4.69, 9.17) is 4.98 Å². The van der Waals surface area contributed by atoms with Crippen molar-refractivity contribution in [2.75, 3.05) is 0 Å². The normalized spacial score (nSPS) is 11.8. The molecule has 2 nitrogen and oxygen atoms in total. The molecule has 0 aliphatic rings. The van der Waals surface area contributed by atoms with Gasteiger partial charge in [-0.15, -0.1) is 0 Å². The maximum absolute atomic E-state index is 4.82. The van der Waals surface area contributed by atoms with Crippen molar-refractivity contribution in [3.8, 4) is 11.1 Å². The molecule has 0 fully saturated rings. The van der Waals surface area contributed by atoms with Gasteiger partial charge in [0, 0.05) is 28.7 Å². The van der Waals surface area contributed by atoms with E-state index in [9.17, 15) is 0 Å². The second kappa shape index (κ2) is 6.60. The molecule has 148 valence electrons. The minimum atomic E-state index is 0.948. The molecule has 32 heavy (non-hydrogen) atoms. The molecular weight excluding hydrogens is 388 g/mol. The molecule has 0 saturated heterocycles. The van der Waals surface area contributed by atoms with Crippen LogP contribution in [0.15, 0.2) is 109 Å². The van der Waals surface area contributed by atoms with Gasteiger partial charge in [-0.05, 0) is 56.1 Å². The van der Waals surface area contributed by atoms with Crippen LogP contribution in [0.25, 0.3) is 65.3 Å². The molecule has 0 bridgehead atoms. The summed E-state index contributed by atoms with van der Waals surface area (Å²) in [5.41, 5.74) is 4.19. The molecule has 0 atom stereocenters. The van der Waals surface area contributed by atoms with Gasteiger partial charge in [-0.3, -0.25) is 9.97 Å². The lowest BCUT2D eigenvalue weighted by Crippen LogP contribution is -1.88. The van der Waals surface area contributed by atoms with E-state index in [1.54, 1.807) is 0 Å². The summed E-state index contributed by atoms with van der Waals surface area (Å²) in [6.07, 6.45) is 3.80. The topological polar surface area (TPSA) is 25.8 Å². The number of aromatic nitrogens is 2. The summed E-state index contributed by atoms with van der Waals surface area (Å²) in [7, 11) is 0. The molecule has 0 spiro atoms. The van der Waals surface area contributed by atoms with E-state index >= 15 is 0 Å². The van der Waals surface area contributed by atoms with Gasteiger partial charge in [0.1, 0.15) is 0 Å². The van der Waals surface area contributed by atoms with Crippen LogP contribution in [-0.4, -0.2) is 9.97 Å². The number of rotatable bonds is 1. The molecule has 0 N–H and O–H groups in total. The minimum Gasteiger partial charge on any atom is -0.254 e. The van der Waals surface area contributed by atoms with Gasteiger partial charge < -0.3 is 0 Å². The van der Waals surface area contributed by atoms with Crippen LogP contribution < -0.4 is 0 Å².